The van der Waals surface area contributed by atoms with Crippen molar-refractivity contribution in [3.8, 4) is 5.75 Å². The molecule has 0 aliphatic carbocycles. The molecule has 0 heterocycles. The van der Waals surface area contributed by atoms with E-state index in [9.17, 15) is 13.2 Å². The third kappa shape index (κ3) is 5.88. The second-order valence-electron chi connectivity index (χ2n) is 5.36. The Bertz CT molecular complexity index is 915. The summed E-state index contributed by atoms with van der Waals surface area (Å²) >= 11 is 17.9. The lowest BCUT2D eigenvalue weighted by Gasteiger charge is -2.27. The lowest BCUT2D eigenvalue weighted by molar-refractivity contribution is 0.0939. The molecule has 2 rings (SSSR count). The topological polar surface area (TPSA) is 111 Å². The lowest BCUT2D eigenvalue weighted by Crippen LogP contribution is -2.49. The number of rotatable bonds is 6. The zero-order chi connectivity index (χ0) is 20.2. The van der Waals surface area contributed by atoms with Crippen molar-refractivity contribution in [3.05, 3.63) is 54.1 Å². The Morgan fingerprint density at radius 2 is 1.70 bits per heavy atom. The molecule has 27 heavy (non-hydrogen) atoms. The zero-order valence-electron chi connectivity index (χ0n) is 13.9. The highest BCUT2D eigenvalue weighted by molar-refractivity contribution is 7.89. The number of sulfonamides is 1. The quantitative estimate of drug-likeness (QED) is 0.461. The molecule has 11 heteroatoms. The van der Waals surface area contributed by atoms with Crippen LogP contribution in [0.25, 0.3) is 0 Å². The number of nitrogens with two attached hydrogens (primary N) is 1. The number of anilines is 1. The first-order chi connectivity index (χ1) is 12.5. The van der Waals surface area contributed by atoms with Gasteiger partial charge in [-0.2, -0.15) is 0 Å². The number of nitrogens with one attached hydrogen (secondary N) is 2. The summed E-state index contributed by atoms with van der Waals surface area (Å²) < 4.78 is 25.9. The molecule has 0 bridgehead atoms. The molecule has 0 fully saturated rings. The van der Waals surface area contributed by atoms with Crippen LogP contribution in [-0.2, 0) is 10.0 Å². The van der Waals surface area contributed by atoms with Gasteiger partial charge in [-0.05, 0) is 36.4 Å². The highest BCUT2D eigenvalue weighted by Gasteiger charge is 2.34. The van der Waals surface area contributed by atoms with Gasteiger partial charge in [0.15, 0.2) is 0 Å². The molecule has 2 aromatic rings. The number of amides is 1. The first-order valence-corrected chi connectivity index (χ1v) is 10.1. The number of carbonyl (C=O) groups is 1. The van der Waals surface area contributed by atoms with Crippen molar-refractivity contribution in [1.29, 1.82) is 0 Å². The minimum absolute atomic E-state index is 0.0726. The second-order valence-corrected chi connectivity index (χ2v) is 9.29. The third-order valence-electron chi connectivity index (χ3n) is 3.45. The smallest absolute Gasteiger partial charge is 0.256 e. The van der Waals surface area contributed by atoms with Crippen LogP contribution in [0.4, 0.5) is 5.69 Å². The molecule has 0 radical (unpaired) electrons. The summed E-state index contributed by atoms with van der Waals surface area (Å²) in [6.07, 6.45) is -1.12. The van der Waals surface area contributed by atoms with Crippen LogP contribution in [-0.4, -0.2) is 31.4 Å². The number of hydrogen-bond acceptors (Lipinski definition) is 5. The van der Waals surface area contributed by atoms with Crippen LogP contribution in [0.2, 0.25) is 0 Å². The number of alkyl halides is 3. The van der Waals surface area contributed by atoms with E-state index in [0.29, 0.717) is 11.4 Å². The molecule has 1 atom stereocenters. The van der Waals surface area contributed by atoms with E-state index in [1.807, 2.05) is 0 Å². The summed E-state index contributed by atoms with van der Waals surface area (Å²) in [6.45, 7) is 0. The standard InChI is InChI=1S/C16H16Cl3N3O4S/c1-26-13-5-3-2-4-12(13)14(23)22-15(16(17,18)19)21-10-6-8-11(9-7-10)27(20,24)25/h2-9,15,21H,1H3,(H,22,23)(H2,20,24,25)/t15-/m0/s1. The predicted octanol–water partition coefficient (Wildman–Crippen LogP) is 2.88. The van der Waals surface area contributed by atoms with Gasteiger partial charge < -0.3 is 15.4 Å². The molecule has 0 saturated carbocycles. The number of ether oxygens (including phenoxy) is 1. The average molecular weight is 453 g/mol. The Morgan fingerprint density at radius 3 is 2.22 bits per heavy atom. The number of halogens is 3. The van der Waals surface area contributed by atoms with Gasteiger partial charge in [0.25, 0.3) is 5.91 Å². The Labute approximate surface area is 171 Å². The summed E-state index contributed by atoms with van der Waals surface area (Å²) in [7, 11) is -2.39. The Kier molecular flexibility index (Phi) is 6.82. The fourth-order valence-electron chi connectivity index (χ4n) is 2.15. The average Bonchev–Trinajstić information content (AvgIpc) is 2.60. The first-order valence-electron chi connectivity index (χ1n) is 7.42. The molecule has 1 amide bonds. The number of primary sulfonamides is 1. The Hall–Kier alpha value is -1.71. The normalized spacial score (nSPS) is 12.9. The van der Waals surface area contributed by atoms with Crippen LogP contribution in [0.3, 0.4) is 0 Å². The van der Waals surface area contributed by atoms with Gasteiger partial charge in [-0.15, -0.1) is 0 Å². The maximum atomic E-state index is 12.6. The fourth-order valence-corrected chi connectivity index (χ4v) is 2.99. The van der Waals surface area contributed by atoms with Crippen molar-refractivity contribution < 1.29 is 17.9 Å². The number of benzene rings is 2. The predicted molar refractivity (Wildman–Crippen MR) is 106 cm³/mol. The summed E-state index contributed by atoms with van der Waals surface area (Å²) in [4.78, 5) is 12.5. The monoisotopic (exact) mass is 451 g/mol. The highest BCUT2D eigenvalue weighted by atomic mass is 35.6. The van der Waals surface area contributed by atoms with E-state index in [-0.39, 0.29) is 10.5 Å². The van der Waals surface area contributed by atoms with Crippen LogP contribution in [0.1, 0.15) is 10.4 Å². The molecular formula is C16H16Cl3N3O4S. The molecule has 0 aliphatic rings. The van der Waals surface area contributed by atoms with E-state index in [1.54, 1.807) is 24.3 Å². The number of para-hydroxylation sites is 1. The van der Waals surface area contributed by atoms with Crippen LogP contribution in [0, 0.1) is 0 Å². The van der Waals surface area contributed by atoms with E-state index in [0.717, 1.165) is 0 Å². The summed E-state index contributed by atoms with van der Waals surface area (Å²) in [5, 5.41) is 10.5. The largest absolute Gasteiger partial charge is 0.496 e. The third-order valence-corrected chi connectivity index (χ3v) is 5.03. The fraction of sp³-hybridized carbons (Fsp3) is 0.188. The van der Waals surface area contributed by atoms with Crippen molar-refractivity contribution in [3.63, 3.8) is 0 Å². The summed E-state index contributed by atoms with van der Waals surface area (Å²) in [5.74, 6) is -0.173. The van der Waals surface area contributed by atoms with Gasteiger partial charge in [-0.25, -0.2) is 13.6 Å². The van der Waals surface area contributed by atoms with Crippen LogP contribution in [0.15, 0.2) is 53.4 Å². The molecule has 0 unspecified atom stereocenters. The molecule has 0 aliphatic heterocycles. The highest BCUT2D eigenvalue weighted by Crippen LogP contribution is 2.32. The molecule has 2 aromatic carbocycles. The minimum atomic E-state index is -3.83. The van der Waals surface area contributed by atoms with Crippen molar-refractivity contribution in [1.82, 2.24) is 5.32 Å². The van der Waals surface area contributed by atoms with Crippen LogP contribution in [0.5, 0.6) is 5.75 Å². The lowest BCUT2D eigenvalue weighted by atomic mass is 10.2. The van der Waals surface area contributed by atoms with E-state index in [1.165, 1.54) is 31.4 Å². The molecule has 0 saturated heterocycles. The maximum Gasteiger partial charge on any atom is 0.256 e. The number of methoxy groups -OCH3 is 1. The van der Waals surface area contributed by atoms with E-state index in [2.05, 4.69) is 10.6 Å². The van der Waals surface area contributed by atoms with Crippen molar-refractivity contribution in [2.75, 3.05) is 12.4 Å². The van der Waals surface area contributed by atoms with E-state index >= 15 is 0 Å². The molecule has 4 N–H and O–H groups in total. The summed E-state index contributed by atoms with van der Waals surface area (Å²) in [5.41, 5.74) is 0.657. The van der Waals surface area contributed by atoms with Crippen LogP contribution < -0.4 is 20.5 Å². The van der Waals surface area contributed by atoms with Gasteiger partial charge in [-0.1, -0.05) is 46.9 Å². The van der Waals surface area contributed by atoms with Gasteiger partial charge in [0, 0.05) is 5.69 Å². The van der Waals surface area contributed by atoms with Crippen molar-refractivity contribution in [2.24, 2.45) is 5.14 Å². The molecule has 146 valence electrons. The van der Waals surface area contributed by atoms with Crippen molar-refractivity contribution in [2.45, 2.75) is 14.9 Å². The molecule has 0 aromatic heterocycles. The number of carbonyl (C=O) groups excluding carboxylic acids is 1. The first kappa shape index (κ1) is 21.6. The molecule has 7 nitrogen and oxygen atoms in total. The van der Waals surface area contributed by atoms with E-state index < -0.39 is 25.9 Å². The van der Waals surface area contributed by atoms with Crippen LogP contribution >= 0.6 is 34.8 Å². The SMILES string of the molecule is COc1ccccc1C(=O)N[C@H](Nc1ccc(S(N)(=O)=O)cc1)C(Cl)(Cl)Cl. The Morgan fingerprint density at radius 1 is 1.11 bits per heavy atom. The maximum absolute atomic E-state index is 12.6. The molecule has 0 spiro atoms. The van der Waals surface area contributed by atoms with Gasteiger partial charge >= 0.3 is 0 Å². The van der Waals surface area contributed by atoms with Gasteiger partial charge in [0.2, 0.25) is 13.8 Å². The summed E-state index contributed by atoms with van der Waals surface area (Å²) in [6, 6.07) is 12.0. The van der Waals surface area contributed by atoms with Crippen molar-refractivity contribution >= 4 is 56.4 Å². The molecular weight excluding hydrogens is 437 g/mol. The van der Waals surface area contributed by atoms with Gasteiger partial charge in [0.1, 0.15) is 11.9 Å². The van der Waals surface area contributed by atoms with E-state index in [4.69, 9.17) is 44.7 Å². The van der Waals surface area contributed by atoms with Gasteiger partial charge in [-0.3, -0.25) is 4.79 Å². The number of hydrogen-bond donors (Lipinski definition) is 3. The Balaban J connectivity index is 2.22. The second kappa shape index (κ2) is 8.53. The zero-order valence-corrected chi connectivity index (χ0v) is 17.0. The van der Waals surface area contributed by atoms with Gasteiger partial charge in [0.05, 0.1) is 17.6 Å². The minimum Gasteiger partial charge on any atom is -0.496 e.